The van der Waals surface area contributed by atoms with Gasteiger partial charge in [-0.15, -0.1) is 0 Å². The van der Waals surface area contributed by atoms with Crippen LogP contribution in [0.4, 0.5) is 0 Å². The molecule has 0 saturated heterocycles. The average molecular weight is 298 g/mol. The summed E-state index contributed by atoms with van der Waals surface area (Å²) in [6.07, 6.45) is 9.95. The average Bonchev–Trinajstić information content (AvgIpc) is 3.03. The second-order valence-corrected chi connectivity index (χ2v) is 6.63. The number of hydrogen-bond acceptors (Lipinski definition) is 3. The van der Waals surface area contributed by atoms with Crippen molar-refractivity contribution in [3.63, 3.8) is 0 Å². The van der Waals surface area contributed by atoms with Crippen molar-refractivity contribution in [3.8, 4) is 11.5 Å². The number of carbonyl (C=O) groups is 1. The van der Waals surface area contributed by atoms with E-state index in [2.05, 4.69) is 18.2 Å². The van der Waals surface area contributed by atoms with Gasteiger partial charge in [0.2, 0.25) is 6.79 Å². The second-order valence-electron chi connectivity index (χ2n) is 6.63. The van der Waals surface area contributed by atoms with E-state index in [1.165, 1.54) is 24.0 Å². The largest absolute Gasteiger partial charge is 0.454 e. The lowest BCUT2D eigenvalue weighted by Gasteiger charge is -2.30. The van der Waals surface area contributed by atoms with Gasteiger partial charge < -0.3 is 9.47 Å². The number of Topliss-reactive ketones (excluding diaryl/α,β-unsaturated/α-hetero) is 1. The highest BCUT2D eigenvalue weighted by Gasteiger charge is 2.30. The fourth-order valence-electron chi connectivity index (χ4n) is 4.07. The first-order valence-corrected chi connectivity index (χ1v) is 8.45. The molecule has 0 bridgehead atoms. The monoisotopic (exact) mass is 298 g/mol. The molecule has 0 N–H and O–H groups in total. The lowest BCUT2D eigenvalue weighted by Crippen LogP contribution is -2.27. The third-order valence-electron chi connectivity index (χ3n) is 5.26. The Morgan fingerprint density at radius 1 is 0.955 bits per heavy atom. The molecule has 2 atom stereocenters. The molecule has 0 radical (unpaired) electrons. The van der Waals surface area contributed by atoms with Crippen LogP contribution in [0.25, 0.3) is 5.57 Å². The van der Waals surface area contributed by atoms with Crippen LogP contribution in [0.2, 0.25) is 0 Å². The molecule has 0 spiro atoms. The van der Waals surface area contributed by atoms with Gasteiger partial charge in [0.1, 0.15) is 5.78 Å². The Bertz CT molecular complexity index is 617. The Kier molecular flexibility index (Phi) is 3.65. The number of ether oxygens (including phenoxy) is 2. The maximum atomic E-state index is 12.2. The zero-order chi connectivity index (χ0) is 14.9. The summed E-state index contributed by atoms with van der Waals surface area (Å²) >= 11 is 0. The smallest absolute Gasteiger partial charge is 0.231 e. The summed E-state index contributed by atoms with van der Waals surface area (Å²) in [7, 11) is 0. The minimum absolute atomic E-state index is 0.262. The van der Waals surface area contributed by atoms with Gasteiger partial charge in [0.05, 0.1) is 0 Å². The van der Waals surface area contributed by atoms with Crippen LogP contribution in [-0.4, -0.2) is 12.6 Å². The van der Waals surface area contributed by atoms with Gasteiger partial charge in [-0.3, -0.25) is 4.79 Å². The minimum atomic E-state index is 0.262. The van der Waals surface area contributed by atoms with Crippen LogP contribution in [0.15, 0.2) is 24.3 Å². The molecule has 4 rings (SSSR count). The van der Waals surface area contributed by atoms with E-state index in [1.807, 2.05) is 6.07 Å². The number of rotatable bonds is 2. The molecule has 3 heteroatoms. The van der Waals surface area contributed by atoms with Crippen molar-refractivity contribution in [2.45, 2.75) is 44.9 Å². The molecule has 0 aromatic heterocycles. The van der Waals surface area contributed by atoms with E-state index in [0.717, 1.165) is 43.6 Å². The SMILES string of the molecule is O=C1CCCCC1C1C=C(c2ccc3c(c2)OCO3)CCC1. The fourth-order valence-corrected chi connectivity index (χ4v) is 4.07. The van der Waals surface area contributed by atoms with Crippen molar-refractivity contribution >= 4 is 11.4 Å². The van der Waals surface area contributed by atoms with Crippen molar-refractivity contribution in [2.75, 3.05) is 6.79 Å². The Hall–Kier alpha value is -1.77. The number of benzene rings is 1. The van der Waals surface area contributed by atoms with Crippen molar-refractivity contribution in [1.29, 1.82) is 0 Å². The predicted molar refractivity (Wildman–Crippen MR) is 84.8 cm³/mol. The molecule has 1 fully saturated rings. The summed E-state index contributed by atoms with van der Waals surface area (Å²) in [6.45, 7) is 0.317. The Morgan fingerprint density at radius 3 is 2.77 bits per heavy atom. The van der Waals surface area contributed by atoms with Gasteiger partial charge >= 0.3 is 0 Å². The molecule has 0 amide bonds. The van der Waals surface area contributed by atoms with E-state index < -0.39 is 0 Å². The molecule has 1 aliphatic heterocycles. The quantitative estimate of drug-likeness (QED) is 0.814. The summed E-state index contributed by atoms with van der Waals surface area (Å²) in [5, 5.41) is 0. The molecule has 22 heavy (non-hydrogen) atoms. The van der Waals surface area contributed by atoms with Crippen LogP contribution in [0.3, 0.4) is 0 Å². The molecule has 3 aliphatic rings. The first kappa shape index (κ1) is 13.9. The number of carbonyl (C=O) groups excluding carboxylic acids is 1. The third kappa shape index (κ3) is 2.53. The Balaban J connectivity index is 1.59. The summed E-state index contributed by atoms with van der Waals surface area (Å²) in [5.41, 5.74) is 2.59. The minimum Gasteiger partial charge on any atom is -0.454 e. The van der Waals surface area contributed by atoms with E-state index in [1.54, 1.807) is 0 Å². The summed E-state index contributed by atoms with van der Waals surface area (Å²) < 4.78 is 10.9. The van der Waals surface area contributed by atoms with Gasteiger partial charge in [0.25, 0.3) is 0 Å². The van der Waals surface area contributed by atoms with Crippen LogP contribution in [-0.2, 0) is 4.79 Å². The van der Waals surface area contributed by atoms with Crippen molar-refractivity contribution < 1.29 is 14.3 Å². The molecule has 3 nitrogen and oxygen atoms in total. The zero-order valence-electron chi connectivity index (χ0n) is 12.8. The van der Waals surface area contributed by atoms with Crippen LogP contribution in [0, 0.1) is 11.8 Å². The molecule has 1 heterocycles. The molecule has 2 unspecified atom stereocenters. The van der Waals surface area contributed by atoms with Crippen LogP contribution < -0.4 is 9.47 Å². The lowest BCUT2D eigenvalue weighted by atomic mass is 9.73. The number of allylic oxidation sites excluding steroid dienone is 2. The Labute approximate surface area is 131 Å². The molecule has 1 aromatic carbocycles. The molecular formula is C19H22O3. The lowest BCUT2D eigenvalue weighted by molar-refractivity contribution is -0.125. The van der Waals surface area contributed by atoms with Crippen LogP contribution >= 0.6 is 0 Å². The fraction of sp³-hybridized carbons (Fsp3) is 0.526. The molecule has 2 aliphatic carbocycles. The van der Waals surface area contributed by atoms with E-state index in [9.17, 15) is 4.79 Å². The summed E-state index contributed by atoms with van der Waals surface area (Å²) in [6, 6.07) is 6.19. The van der Waals surface area contributed by atoms with E-state index in [0.29, 0.717) is 18.5 Å². The van der Waals surface area contributed by atoms with Gasteiger partial charge in [-0.1, -0.05) is 18.6 Å². The molecule has 1 aromatic rings. The zero-order valence-corrected chi connectivity index (χ0v) is 12.8. The van der Waals surface area contributed by atoms with Gasteiger partial charge in [-0.25, -0.2) is 0 Å². The summed E-state index contributed by atoms with van der Waals surface area (Å²) in [5.74, 6) is 2.85. The van der Waals surface area contributed by atoms with Crippen molar-refractivity contribution in [1.82, 2.24) is 0 Å². The van der Waals surface area contributed by atoms with E-state index in [4.69, 9.17) is 9.47 Å². The normalized spacial score (nSPS) is 27.6. The highest BCUT2D eigenvalue weighted by atomic mass is 16.7. The maximum absolute atomic E-state index is 12.2. The molecule has 1 saturated carbocycles. The number of ketones is 1. The van der Waals surface area contributed by atoms with Crippen LogP contribution in [0.1, 0.15) is 50.5 Å². The Morgan fingerprint density at radius 2 is 1.86 bits per heavy atom. The van der Waals surface area contributed by atoms with Gasteiger partial charge in [0, 0.05) is 12.3 Å². The first-order chi connectivity index (χ1) is 10.8. The van der Waals surface area contributed by atoms with Crippen molar-refractivity contribution in [2.24, 2.45) is 11.8 Å². The van der Waals surface area contributed by atoms with Gasteiger partial charge in [-0.2, -0.15) is 0 Å². The third-order valence-corrected chi connectivity index (χ3v) is 5.26. The first-order valence-electron chi connectivity index (χ1n) is 8.45. The summed E-state index contributed by atoms with van der Waals surface area (Å²) in [4.78, 5) is 12.2. The molecule has 116 valence electrons. The van der Waals surface area contributed by atoms with Crippen molar-refractivity contribution in [3.05, 3.63) is 29.8 Å². The topological polar surface area (TPSA) is 35.5 Å². The highest BCUT2D eigenvalue weighted by Crippen LogP contribution is 2.40. The standard InChI is InChI=1S/C19H22O3/c20-17-7-2-1-6-16(17)15-5-3-4-13(10-15)14-8-9-18-19(11-14)22-12-21-18/h8-11,15-16H,1-7,12H2. The second kappa shape index (κ2) is 5.79. The van der Waals surface area contributed by atoms with E-state index >= 15 is 0 Å². The van der Waals surface area contributed by atoms with E-state index in [-0.39, 0.29) is 5.92 Å². The van der Waals surface area contributed by atoms with Gasteiger partial charge in [0.15, 0.2) is 11.5 Å². The maximum Gasteiger partial charge on any atom is 0.231 e. The highest BCUT2D eigenvalue weighted by molar-refractivity contribution is 5.82. The van der Waals surface area contributed by atoms with Gasteiger partial charge in [-0.05, 0) is 61.3 Å². The predicted octanol–water partition coefficient (Wildman–Crippen LogP) is 4.36. The number of fused-ring (bicyclic) bond motifs is 1. The number of hydrogen-bond donors (Lipinski definition) is 0. The van der Waals surface area contributed by atoms with Crippen LogP contribution in [0.5, 0.6) is 11.5 Å². The molecular weight excluding hydrogens is 276 g/mol.